The van der Waals surface area contributed by atoms with E-state index >= 15 is 0 Å². The van der Waals surface area contributed by atoms with Crippen molar-refractivity contribution in [3.05, 3.63) is 182 Å². The van der Waals surface area contributed by atoms with Crippen LogP contribution >= 0.6 is 0 Å². The van der Waals surface area contributed by atoms with Crippen molar-refractivity contribution >= 4 is 88.5 Å². The van der Waals surface area contributed by atoms with Crippen LogP contribution in [0.2, 0.25) is 0 Å². The fourth-order valence-corrected chi connectivity index (χ4v) is 7.49. The van der Waals surface area contributed by atoms with Gasteiger partial charge < -0.3 is 0 Å². The topological polar surface area (TPSA) is 32.3 Å². The molecule has 2 heterocycles. The maximum absolute atomic E-state index is 5.19. The lowest BCUT2D eigenvalue weighted by Gasteiger charge is -2.29. The van der Waals surface area contributed by atoms with Gasteiger partial charge in [-0.25, -0.2) is 9.97 Å². The van der Waals surface area contributed by atoms with Gasteiger partial charge in [0.25, 0.3) is 0 Å². The van der Waals surface area contributed by atoms with Crippen LogP contribution in [0.1, 0.15) is 0 Å². The number of hydrogen-bond acceptors (Lipinski definition) is 4. The monoisotopic (exact) mass is 638 g/mol. The van der Waals surface area contributed by atoms with Gasteiger partial charge in [-0.05, 0) is 94.3 Å². The van der Waals surface area contributed by atoms with Crippen molar-refractivity contribution in [3.8, 4) is 0 Å². The summed E-state index contributed by atoms with van der Waals surface area (Å²) in [5, 5.41) is 9.40. The molecule has 0 N–H and O–H groups in total. The first-order valence-electron chi connectivity index (χ1n) is 16.9. The molecule has 10 aromatic rings. The van der Waals surface area contributed by atoms with Crippen LogP contribution in [0.5, 0.6) is 0 Å². The molecule has 234 valence electrons. The van der Waals surface area contributed by atoms with E-state index < -0.39 is 0 Å². The van der Waals surface area contributed by atoms with Crippen molar-refractivity contribution in [2.24, 2.45) is 0 Å². The van der Waals surface area contributed by atoms with E-state index in [1.165, 1.54) is 32.3 Å². The third kappa shape index (κ3) is 4.54. The second kappa shape index (κ2) is 11.4. The van der Waals surface area contributed by atoms with Crippen LogP contribution in [-0.4, -0.2) is 9.97 Å². The van der Waals surface area contributed by atoms with Gasteiger partial charge in [0.15, 0.2) is 0 Å². The number of fused-ring (bicyclic) bond motifs is 2. The van der Waals surface area contributed by atoms with Crippen molar-refractivity contribution in [1.82, 2.24) is 9.97 Å². The van der Waals surface area contributed by atoms with E-state index in [4.69, 9.17) is 9.97 Å². The second-order valence-corrected chi connectivity index (χ2v) is 12.7. The predicted octanol–water partition coefficient (Wildman–Crippen LogP) is 12.6. The molecule has 0 spiro atoms. The quantitative estimate of drug-likeness (QED) is 0.170. The second-order valence-electron chi connectivity index (χ2n) is 12.7. The van der Waals surface area contributed by atoms with E-state index in [0.717, 1.165) is 56.2 Å². The van der Waals surface area contributed by atoms with Crippen molar-refractivity contribution in [2.45, 2.75) is 0 Å². The molecule has 8 aromatic carbocycles. The lowest BCUT2D eigenvalue weighted by molar-refractivity contribution is 1.22. The number of aromatic nitrogens is 2. The Morgan fingerprint density at radius 2 is 0.720 bits per heavy atom. The van der Waals surface area contributed by atoms with Crippen molar-refractivity contribution in [2.75, 3.05) is 9.80 Å². The van der Waals surface area contributed by atoms with Crippen LogP contribution in [-0.2, 0) is 0 Å². The Morgan fingerprint density at radius 3 is 1.18 bits per heavy atom. The molecule has 50 heavy (non-hydrogen) atoms. The highest BCUT2D eigenvalue weighted by Gasteiger charge is 2.24. The summed E-state index contributed by atoms with van der Waals surface area (Å²) in [5.74, 6) is 1.76. The minimum atomic E-state index is 0.878. The molecule has 0 saturated carbocycles. The van der Waals surface area contributed by atoms with Crippen molar-refractivity contribution < 1.29 is 0 Å². The van der Waals surface area contributed by atoms with E-state index in [9.17, 15) is 0 Å². The number of pyridine rings is 2. The smallest absolute Gasteiger partial charge is 0.138 e. The van der Waals surface area contributed by atoms with Gasteiger partial charge in [-0.3, -0.25) is 9.80 Å². The van der Waals surface area contributed by atoms with Gasteiger partial charge in [-0.1, -0.05) is 109 Å². The lowest BCUT2D eigenvalue weighted by Crippen LogP contribution is -2.13. The third-order valence-electron chi connectivity index (χ3n) is 9.72. The molecule has 4 heteroatoms. The summed E-state index contributed by atoms with van der Waals surface area (Å²) in [4.78, 5) is 15.0. The molecule has 10 rings (SSSR count). The van der Waals surface area contributed by atoms with Crippen LogP contribution in [0, 0.1) is 0 Å². The van der Waals surface area contributed by atoms with Gasteiger partial charge >= 0.3 is 0 Å². The molecule has 0 saturated heterocycles. The Kier molecular flexibility index (Phi) is 6.46. The molecule has 0 atom stereocenters. The first-order chi connectivity index (χ1) is 24.8. The van der Waals surface area contributed by atoms with E-state index in [2.05, 4.69) is 180 Å². The van der Waals surface area contributed by atoms with Crippen LogP contribution in [0.3, 0.4) is 0 Å². The van der Waals surface area contributed by atoms with Gasteiger partial charge in [-0.2, -0.15) is 0 Å². The zero-order valence-electron chi connectivity index (χ0n) is 27.1. The molecule has 4 nitrogen and oxygen atoms in total. The summed E-state index contributed by atoms with van der Waals surface area (Å²) < 4.78 is 0. The average molecular weight is 639 g/mol. The van der Waals surface area contributed by atoms with E-state index in [0.29, 0.717) is 0 Å². The Bertz CT molecular complexity index is 2630. The summed E-state index contributed by atoms with van der Waals surface area (Å²) in [6.07, 6.45) is 0. The largest absolute Gasteiger partial charge is 0.294 e. The molecule has 0 aliphatic carbocycles. The number of rotatable bonds is 6. The third-order valence-corrected chi connectivity index (χ3v) is 9.72. The molecule has 0 aliphatic rings. The van der Waals surface area contributed by atoms with Gasteiger partial charge in [0.1, 0.15) is 11.6 Å². The number of hydrogen-bond donors (Lipinski definition) is 0. The molecule has 0 fully saturated rings. The Labute approximate surface area is 289 Å². The van der Waals surface area contributed by atoms with Gasteiger partial charge in [0.05, 0.1) is 22.4 Å². The number of benzene rings is 8. The summed E-state index contributed by atoms with van der Waals surface area (Å²) in [6, 6.07) is 64.3. The first-order valence-corrected chi connectivity index (χ1v) is 16.9. The molecule has 0 bridgehead atoms. The summed E-state index contributed by atoms with van der Waals surface area (Å²) >= 11 is 0. The highest BCUT2D eigenvalue weighted by molar-refractivity contribution is 6.29. The standard InChI is InChI=1S/C46H30N4/c1-3-17-35(18-4-1)49(43-27-25-31-13-7-9-23-39(31)47-43)41-29-33-15-12-22-38-42(30-34-16-11-21-37(41)45(34)46(33)38)50(36-19-5-2-6-20-36)44-28-26-32-14-8-10-24-40(32)48-44/h1-30H. The zero-order valence-corrected chi connectivity index (χ0v) is 27.1. The minimum absolute atomic E-state index is 0.878. The SMILES string of the molecule is c1ccc(N(c2ccc3ccccc3n2)c2cc3cccc4c(N(c5ccccc5)c5ccc6ccccc6n5)cc5cccc2c5c34)cc1. The van der Waals surface area contributed by atoms with Gasteiger partial charge in [0.2, 0.25) is 0 Å². The van der Waals surface area contributed by atoms with Crippen LogP contribution in [0.25, 0.3) is 54.1 Å². The highest BCUT2D eigenvalue weighted by atomic mass is 15.2. The fourth-order valence-electron chi connectivity index (χ4n) is 7.49. The summed E-state index contributed by atoms with van der Waals surface area (Å²) in [5.41, 5.74) is 6.24. The van der Waals surface area contributed by atoms with E-state index in [-0.39, 0.29) is 0 Å². The normalized spacial score (nSPS) is 11.6. The molecule has 0 unspecified atom stereocenters. The number of anilines is 6. The molecule has 2 aromatic heterocycles. The molecular weight excluding hydrogens is 609 g/mol. The molecular formula is C46H30N4. The van der Waals surface area contributed by atoms with Crippen molar-refractivity contribution in [3.63, 3.8) is 0 Å². The maximum atomic E-state index is 5.19. The van der Waals surface area contributed by atoms with E-state index in [1.807, 2.05) is 12.1 Å². The molecule has 0 radical (unpaired) electrons. The summed E-state index contributed by atoms with van der Waals surface area (Å²) in [7, 11) is 0. The Morgan fingerprint density at radius 1 is 0.320 bits per heavy atom. The van der Waals surface area contributed by atoms with Crippen LogP contribution in [0.4, 0.5) is 34.4 Å². The van der Waals surface area contributed by atoms with Crippen molar-refractivity contribution in [1.29, 1.82) is 0 Å². The van der Waals surface area contributed by atoms with Crippen LogP contribution < -0.4 is 9.80 Å². The van der Waals surface area contributed by atoms with Gasteiger partial charge in [-0.15, -0.1) is 0 Å². The minimum Gasteiger partial charge on any atom is -0.294 e. The van der Waals surface area contributed by atoms with Crippen LogP contribution in [0.15, 0.2) is 182 Å². The lowest BCUT2D eigenvalue weighted by atomic mass is 9.91. The average Bonchev–Trinajstić information content (AvgIpc) is 3.18. The molecule has 0 aliphatic heterocycles. The number of para-hydroxylation sites is 4. The Hall–Kier alpha value is -6.78. The Balaban J connectivity index is 1.25. The summed E-state index contributed by atoms with van der Waals surface area (Å²) in [6.45, 7) is 0. The van der Waals surface area contributed by atoms with Gasteiger partial charge in [0, 0.05) is 32.9 Å². The fraction of sp³-hybridized carbons (Fsp3) is 0. The van der Waals surface area contributed by atoms with E-state index in [1.54, 1.807) is 0 Å². The molecule has 0 amide bonds. The zero-order chi connectivity index (χ0) is 33.0. The predicted molar refractivity (Wildman–Crippen MR) is 210 cm³/mol. The first kappa shape index (κ1) is 28.3. The highest BCUT2D eigenvalue weighted by Crippen LogP contribution is 2.48. The number of nitrogens with zero attached hydrogens (tertiary/aromatic N) is 4. The maximum Gasteiger partial charge on any atom is 0.138 e.